The molecule has 1 fully saturated rings. The molecule has 2 atom stereocenters. The number of aliphatic hydroxyl groups is 1. The second-order valence-corrected chi connectivity index (χ2v) is 7.91. The highest BCUT2D eigenvalue weighted by Gasteiger charge is 2.37. The Morgan fingerprint density at radius 1 is 1.32 bits per heavy atom. The third kappa shape index (κ3) is 2.17. The van der Waals surface area contributed by atoms with E-state index in [9.17, 15) is 13.5 Å². The summed E-state index contributed by atoms with van der Waals surface area (Å²) >= 11 is 1.24. The minimum absolute atomic E-state index is 0.0672. The predicted molar refractivity (Wildman–Crippen MR) is 74.6 cm³/mol. The van der Waals surface area contributed by atoms with Gasteiger partial charge in [0.1, 0.15) is 4.21 Å². The molecule has 0 amide bonds. The lowest BCUT2D eigenvalue weighted by Gasteiger charge is -2.13. The van der Waals surface area contributed by atoms with E-state index >= 15 is 0 Å². The molecule has 1 saturated heterocycles. The quantitative estimate of drug-likeness (QED) is 0.850. The molecule has 3 N–H and O–H groups in total. The molecular formula is C12H14N2O3S2. The monoisotopic (exact) mass is 298 g/mol. The number of rotatable bonds is 2. The van der Waals surface area contributed by atoms with Crippen molar-refractivity contribution >= 4 is 31.4 Å². The first-order valence-electron chi connectivity index (χ1n) is 5.91. The number of β-amino-alcohol motifs (C(OH)–C–C–N with tert-alkyl or cyclic N) is 1. The summed E-state index contributed by atoms with van der Waals surface area (Å²) in [6.07, 6.45) is -0.788. The van der Waals surface area contributed by atoms with E-state index in [1.807, 2.05) is 24.3 Å². The van der Waals surface area contributed by atoms with Crippen LogP contribution < -0.4 is 5.73 Å². The number of fused-ring (bicyclic) bond motifs is 1. The molecule has 19 heavy (non-hydrogen) atoms. The number of sulfonamides is 1. The second kappa shape index (κ2) is 4.53. The van der Waals surface area contributed by atoms with Crippen LogP contribution in [-0.2, 0) is 10.0 Å². The first-order chi connectivity index (χ1) is 8.98. The van der Waals surface area contributed by atoms with Crippen molar-refractivity contribution in [2.45, 2.75) is 16.4 Å². The van der Waals surface area contributed by atoms with Crippen LogP contribution in [0, 0.1) is 0 Å². The fourth-order valence-corrected chi connectivity index (χ4v) is 5.23. The highest BCUT2D eigenvalue weighted by molar-refractivity contribution is 7.91. The van der Waals surface area contributed by atoms with Crippen LogP contribution in [0.15, 0.2) is 34.5 Å². The van der Waals surface area contributed by atoms with E-state index in [0.717, 1.165) is 10.1 Å². The molecule has 1 aliphatic heterocycles. The Morgan fingerprint density at radius 3 is 2.68 bits per heavy atom. The number of hydrogen-bond donors (Lipinski definition) is 2. The van der Waals surface area contributed by atoms with Gasteiger partial charge in [0, 0.05) is 23.8 Å². The zero-order chi connectivity index (χ0) is 13.6. The number of benzene rings is 1. The summed E-state index contributed by atoms with van der Waals surface area (Å²) in [5, 5.41) is 10.5. The molecule has 0 spiro atoms. The minimum Gasteiger partial charge on any atom is -0.390 e. The molecule has 0 bridgehead atoms. The van der Waals surface area contributed by atoms with E-state index in [0.29, 0.717) is 4.21 Å². The molecule has 2 heterocycles. The Hall–Kier alpha value is -0.990. The van der Waals surface area contributed by atoms with Gasteiger partial charge in [-0.1, -0.05) is 18.2 Å². The number of aliphatic hydroxyl groups excluding tert-OH is 1. The molecule has 102 valence electrons. The standard InChI is InChI=1S/C12H14N2O3S2/c13-9-6-14(7-10(9)15)19(16,17)12-5-8-3-1-2-4-11(8)18-12/h1-5,9-10,15H,6-7,13H2/t9-,10-/m1/s1. The van der Waals surface area contributed by atoms with Crippen LogP contribution in [0.3, 0.4) is 0 Å². The van der Waals surface area contributed by atoms with Crippen LogP contribution >= 0.6 is 11.3 Å². The fourth-order valence-electron chi connectivity index (χ4n) is 2.18. The van der Waals surface area contributed by atoms with E-state index in [4.69, 9.17) is 5.73 Å². The van der Waals surface area contributed by atoms with E-state index < -0.39 is 22.2 Å². The third-order valence-electron chi connectivity index (χ3n) is 3.30. The van der Waals surface area contributed by atoms with E-state index in [1.165, 1.54) is 15.6 Å². The zero-order valence-electron chi connectivity index (χ0n) is 10.1. The smallest absolute Gasteiger partial charge is 0.252 e. The summed E-state index contributed by atoms with van der Waals surface area (Å²) in [5.74, 6) is 0. The van der Waals surface area contributed by atoms with Gasteiger partial charge in [-0.2, -0.15) is 4.31 Å². The van der Waals surface area contributed by atoms with Crippen molar-refractivity contribution in [3.8, 4) is 0 Å². The molecule has 7 heteroatoms. The fraction of sp³-hybridized carbons (Fsp3) is 0.333. The van der Waals surface area contributed by atoms with Gasteiger partial charge in [0.15, 0.2) is 0 Å². The van der Waals surface area contributed by atoms with Crippen molar-refractivity contribution in [2.75, 3.05) is 13.1 Å². The SMILES string of the molecule is N[C@@H]1CN(S(=O)(=O)c2cc3ccccc3s2)C[C@H]1O. The van der Waals surface area contributed by atoms with Crippen molar-refractivity contribution in [1.82, 2.24) is 4.31 Å². The maximum atomic E-state index is 12.5. The molecule has 0 saturated carbocycles. The summed E-state index contributed by atoms with van der Waals surface area (Å²) in [7, 11) is -3.55. The Balaban J connectivity index is 2.00. The number of nitrogens with two attached hydrogens (primary N) is 1. The molecule has 0 aliphatic carbocycles. The normalized spacial score (nSPS) is 25.2. The first kappa shape index (κ1) is 13.0. The van der Waals surface area contributed by atoms with Crippen molar-refractivity contribution < 1.29 is 13.5 Å². The molecule has 0 radical (unpaired) electrons. The van der Waals surface area contributed by atoms with Crippen LogP contribution in [0.25, 0.3) is 10.1 Å². The van der Waals surface area contributed by atoms with Gasteiger partial charge in [0.2, 0.25) is 0 Å². The summed E-state index contributed by atoms with van der Waals surface area (Å²) in [6.45, 7) is 0.232. The van der Waals surface area contributed by atoms with Crippen molar-refractivity contribution in [3.63, 3.8) is 0 Å². The molecule has 1 aliphatic rings. The molecule has 0 unspecified atom stereocenters. The van der Waals surface area contributed by atoms with Crippen LogP contribution in [0.1, 0.15) is 0 Å². The van der Waals surface area contributed by atoms with Gasteiger partial charge in [0.25, 0.3) is 10.0 Å². The van der Waals surface area contributed by atoms with Gasteiger partial charge >= 0.3 is 0 Å². The molecule has 3 rings (SSSR count). The highest BCUT2D eigenvalue weighted by Crippen LogP contribution is 2.31. The molecule has 1 aromatic heterocycles. The zero-order valence-corrected chi connectivity index (χ0v) is 11.7. The average Bonchev–Trinajstić information content (AvgIpc) is 2.94. The molecule has 2 aromatic rings. The van der Waals surface area contributed by atoms with E-state index in [2.05, 4.69) is 0 Å². The van der Waals surface area contributed by atoms with Crippen LogP contribution in [0.2, 0.25) is 0 Å². The van der Waals surface area contributed by atoms with Gasteiger partial charge in [-0.25, -0.2) is 8.42 Å². The summed E-state index contributed by atoms with van der Waals surface area (Å²) < 4.78 is 27.4. The van der Waals surface area contributed by atoms with Gasteiger partial charge in [0.05, 0.1) is 6.10 Å². The van der Waals surface area contributed by atoms with Gasteiger partial charge in [-0.05, 0) is 17.5 Å². The number of hydrogen-bond acceptors (Lipinski definition) is 5. The Morgan fingerprint density at radius 2 is 2.05 bits per heavy atom. The summed E-state index contributed by atoms with van der Waals surface area (Å²) in [5.41, 5.74) is 5.67. The molecule has 1 aromatic carbocycles. The Bertz CT molecular complexity index is 668. The van der Waals surface area contributed by atoms with Crippen molar-refractivity contribution in [1.29, 1.82) is 0 Å². The number of nitrogens with zero attached hydrogens (tertiary/aromatic N) is 1. The first-order valence-corrected chi connectivity index (χ1v) is 8.16. The highest BCUT2D eigenvalue weighted by atomic mass is 32.2. The van der Waals surface area contributed by atoms with E-state index in [-0.39, 0.29) is 13.1 Å². The summed E-state index contributed by atoms with van der Waals surface area (Å²) in [4.78, 5) is 0. The van der Waals surface area contributed by atoms with Crippen LogP contribution in [0.4, 0.5) is 0 Å². The lowest BCUT2D eigenvalue weighted by Crippen LogP contribution is -2.33. The minimum atomic E-state index is -3.55. The molecule has 5 nitrogen and oxygen atoms in total. The lowest BCUT2D eigenvalue weighted by atomic mass is 10.2. The predicted octanol–water partition coefficient (Wildman–Crippen LogP) is 0.594. The molecular weight excluding hydrogens is 284 g/mol. The van der Waals surface area contributed by atoms with Crippen LogP contribution in [0.5, 0.6) is 0 Å². The lowest BCUT2D eigenvalue weighted by molar-refractivity contribution is 0.174. The second-order valence-electron chi connectivity index (χ2n) is 4.66. The largest absolute Gasteiger partial charge is 0.390 e. The average molecular weight is 298 g/mol. The third-order valence-corrected chi connectivity index (χ3v) is 6.69. The maximum Gasteiger partial charge on any atom is 0.252 e. The van der Waals surface area contributed by atoms with E-state index in [1.54, 1.807) is 6.07 Å². The van der Waals surface area contributed by atoms with Gasteiger partial charge in [-0.15, -0.1) is 11.3 Å². The van der Waals surface area contributed by atoms with Gasteiger partial charge in [-0.3, -0.25) is 0 Å². The Labute approximate surface area is 115 Å². The van der Waals surface area contributed by atoms with Crippen molar-refractivity contribution in [2.24, 2.45) is 5.73 Å². The Kier molecular flexibility index (Phi) is 3.11. The number of thiophene rings is 1. The van der Waals surface area contributed by atoms with Gasteiger partial charge < -0.3 is 10.8 Å². The van der Waals surface area contributed by atoms with Crippen molar-refractivity contribution in [3.05, 3.63) is 30.3 Å². The van der Waals surface area contributed by atoms with Crippen LogP contribution in [-0.4, -0.2) is 43.1 Å². The summed E-state index contributed by atoms with van der Waals surface area (Å²) in [6, 6.07) is 8.69. The topological polar surface area (TPSA) is 83.6 Å². The maximum absolute atomic E-state index is 12.5.